The van der Waals surface area contributed by atoms with Crippen LogP contribution < -0.4 is 4.74 Å². The van der Waals surface area contributed by atoms with Crippen molar-refractivity contribution in [3.8, 4) is 11.8 Å². The van der Waals surface area contributed by atoms with Crippen molar-refractivity contribution in [2.24, 2.45) is 11.8 Å². The molecular formula is C16H18F3NO. The third kappa shape index (κ3) is 3.90. The van der Waals surface area contributed by atoms with E-state index in [1.165, 1.54) is 12.1 Å². The average Bonchev–Trinajstić information content (AvgIpc) is 2.36. The van der Waals surface area contributed by atoms with Crippen LogP contribution in [0.15, 0.2) is 18.2 Å². The molecule has 0 bridgehead atoms. The van der Waals surface area contributed by atoms with Gasteiger partial charge in [-0.25, -0.2) is 0 Å². The smallest absolute Gasteiger partial charge is 0.417 e. The highest BCUT2D eigenvalue weighted by Crippen LogP contribution is 2.36. The summed E-state index contributed by atoms with van der Waals surface area (Å²) in [6.07, 6.45) is -1.77. The lowest BCUT2D eigenvalue weighted by molar-refractivity contribution is -0.137. The molecule has 0 amide bonds. The maximum atomic E-state index is 12.9. The molecule has 0 aliphatic heterocycles. The van der Waals surface area contributed by atoms with E-state index in [1.807, 2.05) is 0 Å². The topological polar surface area (TPSA) is 33.0 Å². The molecule has 0 N–H and O–H groups in total. The fourth-order valence-corrected chi connectivity index (χ4v) is 3.09. The van der Waals surface area contributed by atoms with E-state index in [1.54, 1.807) is 6.07 Å². The highest BCUT2D eigenvalue weighted by Gasteiger charge is 2.34. The molecule has 1 aromatic rings. The Kier molecular flexibility index (Phi) is 4.46. The number of hydrogen-bond donors (Lipinski definition) is 0. The van der Waals surface area contributed by atoms with Gasteiger partial charge < -0.3 is 4.74 Å². The Morgan fingerprint density at radius 1 is 1.14 bits per heavy atom. The van der Waals surface area contributed by atoms with Gasteiger partial charge in [-0.05, 0) is 49.3 Å². The summed E-state index contributed by atoms with van der Waals surface area (Å²) in [5.41, 5.74) is -1.31. The van der Waals surface area contributed by atoms with Crippen LogP contribution in [0.3, 0.4) is 0 Å². The summed E-state index contributed by atoms with van der Waals surface area (Å²) in [6.45, 7) is 4.26. The quantitative estimate of drug-likeness (QED) is 0.787. The van der Waals surface area contributed by atoms with Crippen molar-refractivity contribution in [2.45, 2.75) is 45.4 Å². The first-order valence-electron chi connectivity index (χ1n) is 7.07. The van der Waals surface area contributed by atoms with E-state index < -0.39 is 11.7 Å². The lowest BCUT2D eigenvalue weighted by Crippen LogP contribution is -2.28. The minimum atomic E-state index is -4.54. The van der Waals surface area contributed by atoms with Crippen molar-refractivity contribution in [1.82, 2.24) is 0 Å². The summed E-state index contributed by atoms with van der Waals surface area (Å²) in [4.78, 5) is 0. The summed E-state index contributed by atoms with van der Waals surface area (Å²) in [5.74, 6) is 1.21. The zero-order valence-corrected chi connectivity index (χ0v) is 12.1. The van der Waals surface area contributed by atoms with Crippen molar-refractivity contribution in [3.63, 3.8) is 0 Å². The normalized spacial score (nSPS) is 26.2. The molecule has 0 radical (unpaired) electrons. The van der Waals surface area contributed by atoms with E-state index in [9.17, 15) is 13.2 Å². The first kappa shape index (κ1) is 15.7. The molecule has 1 aliphatic rings. The van der Waals surface area contributed by atoms with E-state index in [4.69, 9.17) is 10.00 Å². The lowest BCUT2D eigenvalue weighted by atomic mass is 9.82. The number of alkyl halides is 3. The summed E-state index contributed by atoms with van der Waals surface area (Å²) < 4.78 is 44.5. The second-order valence-corrected chi connectivity index (χ2v) is 5.97. The predicted molar refractivity (Wildman–Crippen MR) is 72.8 cm³/mol. The number of nitriles is 1. The SMILES string of the molecule is CC1CC(C)CC(Oc2ccc(C#N)c(C(F)(F)F)c2)C1. The Bertz CT molecular complexity index is 537. The average molecular weight is 297 g/mol. The second kappa shape index (κ2) is 5.97. The summed E-state index contributed by atoms with van der Waals surface area (Å²) in [7, 11) is 0. The summed E-state index contributed by atoms with van der Waals surface area (Å²) >= 11 is 0. The molecule has 5 heteroatoms. The predicted octanol–water partition coefficient (Wildman–Crippen LogP) is 4.78. The van der Waals surface area contributed by atoms with Crippen LogP contribution in [0.2, 0.25) is 0 Å². The zero-order chi connectivity index (χ0) is 15.6. The van der Waals surface area contributed by atoms with Gasteiger partial charge in [0.2, 0.25) is 0 Å². The highest BCUT2D eigenvalue weighted by molar-refractivity contribution is 5.44. The monoisotopic (exact) mass is 297 g/mol. The van der Waals surface area contributed by atoms with Gasteiger partial charge >= 0.3 is 6.18 Å². The molecule has 1 aromatic carbocycles. The number of benzene rings is 1. The van der Waals surface area contributed by atoms with Gasteiger partial charge in [-0.3, -0.25) is 0 Å². The van der Waals surface area contributed by atoms with Gasteiger partial charge in [0.25, 0.3) is 0 Å². The standard InChI is InChI=1S/C16H18F3NO/c1-10-5-11(2)7-14(6-10)21-13-4-3-12(9-20)15(8-13)16(17,18)19/h3-4,8,10-11,14H,5-7H2,1-2H3. The number of nitrogens with zero attached hydrogens (tertiary/aromatic N) is 1. The molecule has 1 aliphatic carbocycles. The number of halogens is 3. The molecule has 1 saturated carbocycles. The Hall–Kier alpha value is -1.70. The molecule has 21 heavy (non-hydrogen) atoms. The van der Waals surface area contributed by atoms with Crippen LogP contribution in [0.25, 0.3) is 0 Å². The van der Waals surface area contributed by atoms with Crippen LogP contribution in [-0.2, 0) is 6.18 Å². The Morgan fingerprint density at radius 3 is 2.29 bits per heavy atom. The Balaban J connectivity index is 2.20. The van der Waals surface area contributed by atoms with Crippen LogP contribution in [0.5, 0.6) is 5.75 Å². The van der Waals surface area contributed by atoms with E-state index in [-0.39, 0.29) is 17.4 Å². The van der Waals surface area contributed by atoms with Crippen LogP contribution >= 0.6 is 0 Å². The molecule has 0 heterocycles. The minimum Gasteiger partial charge on any atom is -0.490 e. The first-order chi connectivity index (χ1) is 9.79. The van der Waals surface area contributed by atoms with E-state index in [0.717, 1.165) is 25.3 Å². The van der Waals surface area contributed by atoms with E-state index in [0.29, 0.717) is 11.8 Å². The van der Waals surface area contributed by atoms with Crippen LogP contribution in [0.1, 0.15) is 44.2 Å². The van der Waals surface area contributed by atoms with Crippen molar-refractivity contribution in [3.05, 3.63) is 29.3 Å². The molecule has 1 fully saturated rings. The molecule has 0 spiro atoms. The molecule has 114 valence electrons. The van der Waals surface area contributed by atoms with Crippen molar-refractivity contribution >= 4 is 0 Å². The van der Waals surface area contributed by atoms with E-state index >= 15 is 0 Å². The van der Waals surface area contributed by atoms with E-state index in [2.05, 4.69) is 13.8 Å². The van der Waals surface area contributed by atoms with Crippen LogP contribution in [-0.4, -0.2) is 6.10 Å². The van der Waals surface area contributed by atoms with Gasteiger partial charge in [-0.15, -0.1) is 0 Å². The number of hydrogen-bond acceptors (Lipinski definition) is 2. The molecule has 0 aromatic heterocycles. The van der Waals surface area contributed by atoms with Gasteiger partial charge in [0.15, 0.2) is 0 Å². The number of rotatable bonds is 2. The van der Waals surface area contributed by atoms with Crippen LogP contribution in [0.4, 0.5) is 13.2 Å². The lowest BCUT2D eigenvalue weighted by Gasteiger charge is -2.31. The highest BCUT2D eigenvalue weighted by atomic mass is 19.4. The largest absolute Gasteiger partial charge is 0.490 e. The molecule has 2 unspecified atom stereocenters. The van der Waals surface area contributed by atoms with Gasteiger partial charge in [-0.2, -0.15) is 18.4 Å². The second-order valence-electron chi connectivity index (χ2n) is 5.97. The first-order valence-corrected chi connectivity index (χ1v) is 7.07. The molecular weight excluding hydrogens is 279 g/mol. The summed E-state index contributed by atoms with van der Waals surface area (Å²) in [6, 6.07) is 5.12. The van der Waals surface area contributed by atoms with Crippen molar-refractivity contribution in [2.75, 3.05) is 0 Å². The minimum absolute atomic E-state index is 0.0576. The molecule has 0 saturated heterocycles. The zero-order valence-electron chi connectivity index (χ0n) is 12.1. The van der Waals surface area contributed by atoms with Crippen LogP contribution in [0, 0.1) is 23.2 Å². The van der Waals surface area contributed by atoms with Crippen molar-refractivity contribution < 1.29 is 17.9 Å². The van der Waals surface area contributed by atoms with Gasteiger partial charge in [-0.1, -0.05) is 13.8 Å². The maximum Gasteiger partial charge on any atom is 0.417 e. The Labute approximate surface area is 122 Å². The third-order valence-corrected chi connectivity index (χ3v) is 3.85. The molecule has 2 rings (SSSR count). The van der Waals surface area contributed by atoms with Crippen molar-refractivity contribution in [1.29, 1.82) is 5.26 Å². The van der Waals surface area contributed by atoms with Gasteiger partial charge in [0.1, 0.15) is 5.75 Å². The van der Waals surface area contributed by atoms with Gasteiger partial charge in [0.05, 0.1) is 23.3 Å². The van der Waals surface area contributed by atoms with Gasteiger partial charge in [0, 0.05) is 0 Å². The molecule has 2 nitrogen and oxygen atoms in total. The third-order valence-electron chi connectivity index (χ3n) is 3.85. The molecule has 2 atom stereocenters. The fraction of sp³-hybridized carbons (Fsp3) is 0.562. The maximum absolute atomic E-state index is 12.9. The fourth-order valence-electron chi connectivity index (χ4n) is 3.09. The Morgan fingerprint density at radius 2 is 1.76 bits per heavy atom. The summed E-state index contributed by atoms with van der Waals surface area (Å²) in [5, 5.41) is 8.77. The number of ether oxygens (including phenoxy) is 1.